The third kappa shape index (κ3) is 2.61. The molecule has 0 bridgehead atoms. The van der Waals surface area contributed by atoms with Gasteiger partial charge in [-0.3, -0.25) is 9.78 Å². The van der Waals surface area contributed by atoms with Crippen molar-refractivity contribution in [3.05, 3.63) is 58.4 Å². The molecule has 1 aromatic carbocycles. The highest BCUT2D eigenvalue weighted by molar-refractivity contribution is 6.31. The molecular formula is C15H13ClN2O. The van der Waals surface area contributed by atoms with E-state index in [1.807, 2.05) is 24.4 Å². The van der Waals surface area contributed by atoms with E-state index in [1.165, 1.54) is 0 Å². The highest BCUT2D eigenvalue weighted by Crippen LogP contribution is 2.30. The number of benzene rings is 1. The number of fused-ring (bicyclic) bond motifs is 1. The van der Waals surface area contributed by atoms with Crippen molar-refractivity contribution in [2.45, 2.75) is 19.3 Å². The van der Waals surface area contributed by atoms with Gasteiger partial charge in [-0.1, -0.05) is 23.7 Å². The lowest BCUT2D eigenvalue weighted by atomic mass is 9.97. The number of pyridine rings is 1. The zero-order valence-corrected chi connectivity index (χ0v) is 11.1. The van der Waals surface area contributed by atoms with Gasteiger partial charge in [0.25, 0.3) is 0 Å². The Morgan fingerprint density at radius 1 is 1.32 bits per heavy atom. The number of rotatable bonds is 2. The van der Waals surface area contributed by atoms with E-state index in [-0.39, 0.29) is 5.91 Å². The summed E-state index contributed by atoms with van der Waals surface area (Å²) in [5.74, 6) is 0.0589. The summed E-state index contributed by atoms with van der Waals surface area (Å²) in [6, 6.07) is 7.89. The van der Waals surface area contributed by atoms with Gasteiger partial charge in [-0.2, -0.15) is 0 Å². The third-order valence-corrected chi connectivity index (χ3v) is 3.64. The molecule has 0 saturated carbocycles. The summed E-state index contributed by atoms with van der Waals surface area (Å²) in [4.78, 5) is 15.5. The van der Waals surface area contributed by atoms with Crippen molar-refractivity contribution in [2.24, 2.45) is 0 Å². The second-order valence-corrected chi connectivity index (χ2v) is 5.09. The third-order valence-electron chi connectivity index (χ3n) is 3.29. The summed E-state index contributed by atoms with van der Waals surface area (Å²) < 4.78 is 0. The van der Waals surface area contributed by atoms with Gasteiger partial charge in [0.1, 0.15) is 0 Å². The fraction of sp³-hybridized carbons (Fsp3) is 0.200. The lowest BCUT2D eigenvalue weighted by Gasteiger charge is -2.18. The van der Waals surface area contributed by atoms with Gasteiger partial charge >= 0.3 is 0 Å². The number of carbonyl (C=O) groups is 1. The van der Waals surface area contributed by atoms with Gasteiger partial charge in [0, 0.05) is 35.9 Å². The van der Waals surface area contributed by atoms with Gasteiger partial charge < -0.3 is 5.32 Å². The number of aryl methyl sites for hydroxylation is 1. The molecule has 3 rings (SSSR count). The Morgan fingerprint density at radius 3 is 3.00 bits per heavy atom. The first-order valence-electron chi connectivity index (χ1n) is 6.22. The number of halogens is 1. The lowest BCUT2D eigenvalue weighted by molar-refractivity contribution is -0.116. The fourth-order valence-electron chi connectivity index (χ4n) is 2.31. The van der Waals surface area contributed by atoms with Crippen LogP contribution in [0, 0.1) is 0 Å². The van der Waals surface area contributed by atoms with Crippen LogP contribution in [-0.4, -0.2) is 10.9 Å². The van der Waals surface area contributed by atoms with Gasteiger partial charge in [-0.05, 0) is 35.2 Å². The second kappa shape index (κ2) is 5.02. The lowest BCUT2D eigenvalue weighted by Crippen LogP contribution is -2.19. The Morgan fingerprint density at radius 2 is 2.21 bits per heavy atom. The first kappa shape index (κ1) is 12.2. The van der Waals surface area contributed by atoms with Crippen molar-refractivity contribution in [2.75, 3.05) is 5.32 Å². The molecule has 1 N–H and O–H groups in total. The summed E-state index contributed by atoms with van der Waals surface area (Å²) in [6.45, 7) is 0. The van der Waals surface area contributed by atoms with Crippen LogP contribution < -0.4 is 5.32 Å². The molecule has 3 nitrogen and oxygen atoms in total. The molecular weight excluding hydrogens is 260 g/mol. The van der Waals surface area contributed by atoms with E-state index in [4.69, 9.17) is 11.6 Å². The minimum atomic E-state index is 0.0589. The van der Waals surface area contributed by atoms with Crippen LogP contribution >= 0.6 is 11.6 Å². The molecule has 0 unspecified atom stereocenters. The number of carbonyl (C=O) groups excluding carboxylic acids is 1. The first-order valence-corrected chi connectivity index (χ1v) is 6.60. The highest BCUT2D eigenvalue weighted by Gasteiger charge is 2.16. The van der Waals surface area contributed by atoms with Crippen LogP contribution in [0.25, 0.3) is 0 Å². The van der Waals surface area contributed by atoms with Crippen molar-refractivity contribution in [1.82, 2.24) is 4.98 Å². The minimum Gasteiger partial charge on any atom is -0.326 e. The number of hydrogen-bond donors (Lipinski definition) is 1. The maximum Gasteiger partial charge on any atom is 0.224 e. The molecule has 0 atom stereocenters. The van der Waals surface area contributed by atoms with Gasteiger partial charge in [0.15, 0.2) is 0 Å². The molecule has 0 fully saturated rings. The van der Waals surface area contributed by atoms with Crippen LogP contribution in [-0.2, 0) is 17.6 Å². The summed E-state index contributed by atoms with van der Waals surface area (Å²) in [5.41, 5.74) is 4.20. The number of aromatic nitrogens is 1. The molecule has 0 saturated heterocycles. The largest absolute Gasteiger partial charge is 0.326 e. The fourth-order valence-corrected chi connectivity index (χ4v) is 2.54. The summed E-state index contributed by atoms with van der Waals surface area (Å²) >= 11 is 6.29. The van der Waals surface area contributed by atoms with Gasteiger partial charge in [0.2, 0.25) is 5.91 Å². The van der Waals surface area contributed by atoms with Gasteiger partial charge in [-0.25, -0.2) is 0 Å². The number of nitrogens with one attached hydrogen (secondary N) is 1. The standard InChI is InChI=1S/C15H13ClN2O/c16-13-8-14-11(3-4-15(19)18-14)7-12(13)6-10-2-1-5-17-9-10/h1-2,5,7-9H,3-4,6H2,(H,18,19). The average Bonchev–Trinajstić information content (AvgIpc) is 2.41. The Kier molecular flexibility index (Phi) is 3.22. The molecule has 1 aliphatic rings. The molecule has 19 heavy (non-hydrogen) atoms. The monoisotopic (exact) mass is 272 g/mol. The molecule has 2 aromatic rings. The quantitative estimate of drug-likeness (QED) is 0.912. The van der Waals surface area contributed by atoms with E-state index in [0.717, 1.165) is 35.2 Å². The Labute approximate surface area is 116 Å². The van der Waals surface area contributed by atoms with E-state index >= 15 is 0 Å². The van der Waals surface area contributed by atoms with Crippen LogP contribution in [0.15, 0.2) is 36.7 Å². The zero-order valence-electron chi connectivity index (χ0n) is 10.3. The molecule has 1 aliphatic heterocycles. The molecule has 1 aromatic heterocycles. The Bertz CT molecular complexity index is 626. The van der Waals surface area contributed by atoms with E-state index < -0.39 is 0 Å². The molecule has 0 radical (unpaired) electrons. The van der Waals surface area contributed by atoms with Crippen LogP contribution in [0.5, 0.6) is 0 Å². The second-order valence-electron chi connectivity index (χ2n) is 4.69. The average molecular weight is 273 g/mol. The molecule has 0 spiro atoms. The van der Waals surface area contributed by atoms with E-state index in [1.54, 1.807) is 6.20 Å². The molecule has 0 aliphatic carbocycles. The topological polar surface area (TPSA) is 42.0 Å². The van der Waals surface area contributed by atoms with E-state index in [2.05, 4.69) is 16.4 Å². The van der Waals surface area contributed by atoms with Crippen LogP contribution in [0.2, 0.25) is 5.02 Å². The highest BCUT2D eigenvalue weighted by atomic mass is 35.5. The number of anilines is 1. The maximum absolute atomic E-state index is 11.4. The van der Waals surface area contributed by atoms with Crippen molar-refractivity contribution in [1.29, 1.82) is 0 Å². The molecule has 4 heteroatoms. The van der Waals surface area contributed by atoms with Crippen molar-refractivity contribution in [3.8, 4) is 0 Å². The molecule has 2 heterocycles. The first-order chi connectivity index (χ1) is 9.22. The van der Waals surface area contributed by atoms with Crippen molar-refractivity contribution in [3.63, 3.8) is 0 Å². The SMILES string of the molecule is O=C1CCc2cc(Cc3cccnc3)c(Cl)cc2N1. The smallest absolute Gasteiger partial charge is 0.224 e. The summed E-state index contributed by atoms with van der Waals surface area (Å²) in [6.07, 6.45) is 5.68. The van der Waals surface area contributed by atoms with Crippen molar-refractivity contribution < 1.29 is 4.79 Å². The minimum absolute atomic E-state index is 0.0589. The summed E-state index contributed by atoms with van der Waals surface area (Å²) in [5, 5.41) is 3.54. The maximum atomic E-state index is 11.4. The molecule has 1 amide bonds. The zero-order chi connectivity index (χ0) is 13.2. The number of hydrogen-bond acceptors (Lipinski definition) is 2. The van der Waals surface area contributed by atoms with Crippen LogP contribution in [0.4, 0.5) is 5.69 Å². The number of nitrogens with zero attached hydrogens (tertiary/aromatic N) is 1. The normalized spacial score (nSPS) is 13.8. The Hall–Kier alpha value is -1.87. The van der Waals surface area contributed by atoms with E-state index in [0.29, 0.717) is 11.4 Å². The van der Waals surface area contributed by atoms with Gasteiger partial charge in [-0.15, -0.1) is 0 Å². The van der Waals surface area contributed by atoms with Crippen LogP contribution in [0.3, 0.4) is 0 Å². The van der Waals surface area contributed by atoms with Gasteiger partial charge in [0.05, 0.1) is 0 Å². The predicted molar refractivity (Wildman–Crippen MR) is 75.4 cm³/mol. The van der Waals surface area contributed by atoms with Crippen molar-refractivity contribution >= 4 is 23.2 Å². The summed E-state index contributed by atoms with van der Waals surface area (Å²) in [7, 11) is 0. The molecule has 96 valence electrons. The van der Waals surface area contributed by atoms with Crippen LogP contribution in [0.1, 0.15) is 23.1 Å². The van der Waals surface area contributed by atoms with E-state index in [9.17, 15) is 4.79 Å². The predicted octanol–water partition coefficient (Wildman–Crippen LogP) is 3.21. The Balaban J connectivity index is 1.93. The number of amides is 1.